The van der Waals surface area contributed by atoms with Gasteiger partial charge in [0.05, 0.1) is 13.2 Å². The number of aliphatic imine (C=N–C) groups is 1. The third-order valence-electron chi connectivity index (χ3n) is 5.42. The molecule has 3 rings (SSSR count). The molecule has 1 unspecified atom stereocenters. The van der Waals surface area contributed by atoms with Crippen LogP contribution >= 0.6 is 0 Å². The first-order valence-corrected chi connectivity index (χ1v) is 9.91. The average molecular weight is 360 g/mol. The Labute approximate surface area is 157 Å². The molecule has 2 fully saturated rings. The van der Waals surface area contributed by atoms with Crippen LogP contribution in [0.3, 0.4) is 0 Å². The highest BCUT2D eigenvalue weighted by atomic mass is 16.5. The Morgan fingerprint density at radius 2 is 2.00 bits per heavy atom. The number of guanidine groups is 1. The SMILES string of the molecule is CCN1CCCC1CNC(=NC)NCc1ccccc1N1CCOCC1. The third kappa shape index (κ3) is 4.89. The molecule has 2 saturated heterocycles. The van der Waals surface area contributed by atoms with Crippen molar-refractivity contribution in [2.75, 3.05) is 57.9 Å². The number of ether oxygens (including phenoxy) is 1. The number of benzene rings is 1. The molecule has 144 valence electrons. The van der Waals surface area contributed by atoms with Crippen LogP contribution in [0.25, 0.3) is 0 Å². The van der Waals surface area contributed by atoms with Crippen LogP contribution in [0.1, 0.15) is 25.3 Å². The van der Waals surface area contributed by atoms with Gasteiger partial charge in [0.15, 0.2) is 5.96 Å². The van der Waals surface area contributed by atoms with Crippen molar-refractivity contribution in [3.05, 3.63) is 29.8 Å². The van der Waals surface area contributed by atoms with Gasteiger partial charge in [-0.05, 0) is 37.6 Å². The standard InChI is InChI=1S/C20H33N5O/c1-3-24-10-6-8-18(24)16-23-20(21-2)22-15-17-7-4-5-9-19(17)25-11-13-26-14-12-25/h4-5,7,9,18H,3,6,8,10-16H2,1-2H3,(H2,21,22,23). The van der Waals surface area contributed by atoms with Crippen molar-refractivity contribution >= 4 is 11.6 Å². The van der Waals surface area contributed by atoms with E-state index in [4.69, 9.17) is 4.74 Å². The van der Waals surface area contributed by atoms with Gasteiger partial charge in [0.2, 0.25) is 0 Å². The van der Waals surface area contributed by atoms with Gasteiger partial charge in [-0.1, -0.05) is 25.1 Å². The summed E-state index contributed by atoms with van der Waals surface area (Å²) in [5.74, 6) is 0.879. The molecule has 1 aromatic rings. The van der Waals surface area contributed by atoms with E-state index in [1.807, 2.05) is 7.05 Å². The number of hydrogen-bond acceptors (Lipinski definition) is 4. The summed E-state index contributed by atoms with van der Waals surface area (Å²) in [6.45, 7) is 9.85. The van der Waals surface area contributed by atoms with Crippen LogP contribution in [0.2, 0.25) is 0 Å². The molecule has 0 aliphatic carbocycles. The lowest BCUT2D eigenvalue weighted by Crippen LogP contribution is -2.44. The Bertz CT molecular complexity index is 585. The second-order valence-corrected chi connectivity index (χ2v) is 6.96. The van der Waals surface area contributed by atoms with Crippen molar-refractivity contribution in [3.8, 4) is 0 Å². The lowest BCUT2D eigenvalue weighted by atomic mass is 10.1. The molecule has 2 N–H and O–H groups in total. The fourth-order valence-electron chi connectivity index (χ4n) is 3.93. The second-order valence-electron chi connectivity index (χ2n) is 6.96. The van der Waals surface area contributed by atoms with E-state index in [0.717, 1.165) is 51.9 Å². The van der Waals surface area contributed by atoms with E-state index in [0.29, 0.717) is 6.04 Å². The van der Waals surface area contributed by atoms with Gasteiger partial charge in [0.25, 0.3) is 0 Å². The first-order valence-electron chi connectivity index (χ1n) is 9.91. The van der Waals surface area contributed by atoms with Gasteiger partial charge in [-0.2, -0.15) is 0 Å². The van der Waals surface area contributed by atoms with Crippen molar-refractivity contribution < 1.29 is 4.74 Å². The fraction of sp³-hybridized carbons (Fsp3) is 0.650. The second kappa shape index (κ2) is 9.78. The summed E-state index contributed by atoms with van der Waals surface area (Å²) in [7, 11) is 1.84. The van der Waals surface area contributed by atoms with E-state index in [9.17, 15) is 0 Å². The number of likely N-dealkylation sites (tertiary alicyclic amines) is 1. The highest BCUT2D eigenvalue weighted by molar-refractivity contribution is 5.79. The molecule has 6 heteroatoms. The average Bonchev–Trinajstić information content (AvgIpc) is 3.16. The summed E-state index contributed by atoms with van der Waals surface area (Å²) >= 11 is 0. The van der Waals surface area contributed by atoms with E-state index in [1.54, 1.807) is 0 Å². The van der Waals surface area contributed by atoms with Crippen LogP contribution in [-0.4, -0.2) is 69.9 Å². The van der Waals surface area contributed by atoms with Crippen LogP contribution in [0.15, 0.2) is 29.3 Å². The molecule has 0 bridgehead atoms. The zero-order chi connectivity index (χ0) is 18.2. The Hall–Kier alpha value is -1.79. The van der Waals surface area contributed by atoms with Crippen molar-refractivity contribution in [2.45, 2.75) is 32.4 Å². The van der Waals surface area contributed by atoms with Gasteiger partial charge >= 0.3 is 0 Å². The summed E-state index contributed by atoms with van der Waals surface area (Å²) in [6.07, 6.45) is 2.58. The summed E-state index contributed by atoms with van der Waals surface area (Å²) in [4.78, 5) is 9.36. The molecule has 26 heavy (non-hydrogen) atoms. The maximum Gasteiger partial charge on any atom is 0.191 e. The zero-order valence-electron chi connectivity index (χ0n) is 16.2. The highest BCUT2D eigenvalue weighted by Gasteiger charge is 2.22. The quantitative estimate of drug-likeness (QED) is 0.598. The van der Waals surface area contributed by atoms with Gasteiger partial charge < -0.3 is 20.3 Å². The van der Waals surface area contributed by atoms with Crippen molar-refractivity contribution in [1.82, 2.24) is 15.5 Å². The molecular formula is C20H33N5O. The lowest BCUT2D eigenvalue weighted by Gasteiger charge is -2.30. The lowest BCUT2D eigenvalue weighted by molar-refractivity contribution is 0.122. The molecule has 2 aliphatic rings. The van der Waals surface area contributed by atoms with Gasteiger partial charge in [0, 0.05) is 45.0 Å². The monoisotopic (exact) mass is 359 g/mol. The summed E-state index contributed by atoms with van der Waals surface area (Å²) in [5, 5.41) is 6.99. The van der Waals surface area contributed by atoms with Crippen LogP contribution in [0.4, 0.5) is 5.69 Å². The Balaban J connectivity index is 1.54. The molecule has 0 spiro atoms. The number of morpholine rings is 1. The molecule has 0 radical (unpaired) electrons. The summed E-state index contributed by atoms with van der Waals surface area (Å²) < 4.78 is 5.48. The van der Waals surface area contributed by atoms with Crippen molar-refractivity contribution in [2.24, 2.45) is 4.99 Å². The highest BCUT2D eigenvalue weighted by Crippen LogP contribution is 2.21. The molecule has 0 saturated carbocycles. The van der Waals surface area contributed by atoms with Gasteiger partial charge in [0.1, 0.15) is 0 Å². The maximum atomic E-state index is 5.48. The maximum absolute atomic E-state index is 5.48. The van der Waals surface area contributed by atoms with Gasteiger partial charge in [-0.3, -0.25) is 9.89 Å². The van der Waals surface area contributed by atoms with Crippen LogP contribution < -0.4 is 15.5 Å². The van der Waals surface area contributed by atoms with Crippen LogP contribution in [0, 0.1) is 0 Å². The largest absolute Gasteiger partial charge is 0.378 e. The number of para-hydroxylation sites is 1. The molecule has 0 aromatic heterocycles. The Morgan fingerprint density at radius 3 is 2.77 bits per heavy atom. The minimum atomic E-state index is 0.624. The number of hydrogen-bond donors (Lipinski definition) is 2. The van der Waals surface area contributed by atoms with Crippen molar-refractivity contribution in [3.63, 3.8) is 0 Å². The third-order valence-corrected chi connectivity index (χ3v) is 5.42. The number of anilines is 1. The van der Waals surface area contributed by atoms with E-state index >= 15 is 0 Å². The molecule has 2 aliphatic heterocycles. The van der Waals surface area contributed by atoms with Crippen LogP contribution in [0.5, 0.6) is 0 Å². The predicted molar refractivity (Wildman–Crippen MR) is 108 cm³/mol. The molecule has 1 atom stereocenters. The van der Waals surface area contributed by atoms with Crippen LogP contribution in [-0.2, 0) is 11.3 Å². The van der Waals surface area contributed by atoms with E-state index in [2.05, 4.69) is 56.6 Å². The minimum absolute atomic E-state index is 0.624. The zero-order valence-corrected chi connectivity index (χ0v) is 16.2. The van der Waals surface area contributed by atoms with Gasteiger partial charge in [-0.15, -0.1) is 0 Å². The first kappa shape index (κ1) is 19.0. The number of nitrogens with zero attached hydrogens (tertiary/aromatic N) is 3. The Kier molecular flexibility index (Phi) is 7.14. The smallest absolute Gasteiger partial charge is 0.191 e. The molecule has 0 amide bonds. The number of rotatable bonds is 6. The van der Waals surface area contributed by atoms with E-state index in [-0.39, 0.29) is 0 Å². The van der Waals surface area contributed by atoms with Gasteiger partial charge in [-0.25, -0.2) is 0 Å². The first-order chi connectivity index (χ1) is 12.8. The molecule has 2 heterocycles. The molecule has 6 nitrogen and oxygen atoms in total. The predicted octanol–water partition coefficient (Wildman–Crippen LogP) is 1.67. The normalized spacial score (nSPS) is 21.8. The van der Waals surface area contributed by atoms with E-state index in [1.165, 1.54) is 30.6 Å². The topological polar surface area (TPSA) is 52.1 Å². The summed E-state index contributed by atoms with van der Waals surface area (Å²) in [6, 6.07) is 9.24. The number of likely N-dealkylation sites (N-methyl/N-ethyl adjacent to an activating group) is 1. The summed E-state index contributed by atoms with van der Waals surface area (Å²) in [5.41, 5.74) is 2.60. The molecule has 1 aromatic carbocycles. The van der Waals surface area contributed by atoms with Crippen molar-refractivity contribution in [1.29, 1.82) is 0 Å². The molecular weight excluding hydrogens is 326 g/mol. The Morgan fingerprint density at radius 1 is 1.19 bits per heavy atom. The fourth-order valence-corrected chi connectivity index (χ4v) is 3.93. The van der Waals surface area contributed by atoms with E-state index < -0.39 is 0 Å². The minimum Gasteiger partial charge on any atom is -0.378 e. The number of nitrogens with one attached hydrogen (secondary N) is 2.